The van der Waals surface area contributed by atoms with Gasteiger partial charge in [0.15, 0.2) is 0 Å². The Labute approximate surface area is 592 Å². The van der Waals surface area contributed by atoms with Crippen LogP contribution in [-0.2, 0) is 0 Å². The van der Waals surface area contributed by atoms with Crippen molar-refractivity contribution in [2.24, 2.45) is 0 Å². The number of hydrogen-bond acceptors (Lipinski definition) is 8. The first-order valence-corrected chi connectivity index (χ1v) is 35.4. The number of benzene rings is 11. The molecule has 19 aromatic rings. The standard InChI is InChI=1S/C48H31N3S.C44H28N4S/c1-4-15-33(16-5-1)43-44-45(49-40-24-11-10-23-39(40)47(44)52-46(43)34-17-6-2-7-18-34)37-20-14-19-36(31-37)32-27-29-35(30-28-32)48-50-41-25-12-13-26-42(41)51(48)38-21-8-3-9-22-38;1-3-14-29(15-4-1)40-41-42(48-35-21-8-7-20-34(35)44(41)49-43(40)30-16-5-2-6-17-30)32-19-13-18-31(26-32)33-27-38(36-22-9-11-24-45-36)47-39(28-33)37-23-10-12-25-46-37/h1-31H;1-28H. The van der Waals surface area contributed by atoms with Gasteiger partial charge in [0.05, 0.1) is 56.2 Å². The summed E-state index contributed by atoms with van der Waals surface area (Å²) in [5, 5.41) is 4.71. The van der Waals surface area contributed by atoms with Gasteiger partial charge in [-0.05, 0) is 129 Å². The average Bonchev–Trinajstić information content (AvgIpc) is 1.61. The highest BCUT2D eigenvalue weighted by Crippen LogP contribution is 2.52. The molecule has 0 aliphatic carbocycles. The van der Waals surface area contributed by atoms with E-state index in [1.807, 2.05) is 71.2 Å². The van der Waals surface area contributed by atoms with Gasteiger partial charge in [0.25, 0.3) is 0 Å². The summed E-state index contributed by atoms with van der Waals surface area (Å²) in [5.41, 5.74) is 25.2. The predicted molar refractivity (Wildman–Crippen MR) is 422 cm³/mol. The number of aromatic nitrogens is 7. The molecular weight excluding hydrogens is 1270 g/mol. The smallest absolute Gasteiger partial charge is 0.145 e. The summed E-state index contributed by atoms with van der Waals surface area (Å²) in [7, 11) is 0. The molecule has 0 saturated heterocycles. The van der Waals surface area contributed by atoms with Gasteiger partial charge in [-0.2, -0.15) is 0 Å². The minimum atomic E-state index is 0.798. The first-order valence-electron chi connectivity index (χ1n) is 33.7. The van der Waals surface area contributed by atoms with Crippen LogP contribution < -0.4 is 0 Å². The second-order valence-corrected chi connectivity index (χ2v) is 26.9. The lowest BCUT2D eigenvalue weighted by Gasteiger charge is -2.13. The lowest BCUT2D eigenvalue weighted by molar-refractivity contribution is 1.10. The van der Waals surface area contributed by atoms with Gasteiger partial charge in [-0.1, -0.05) is 261 Å². The zero-order valence-electron chi connectivity index (χ0n) is 54.5. The molecule has 0 N–H and O–H groups in total. The Balaban J connectivity index is 0.000000145. The van der Waals surface area contributed by atoms with E-state index in [9.17, 15) is 0 Å². The zero-order valence-corrected chi connectivity index (χ0v) is 56.1. The molecule has 0 saturated carbocycles. The Morgan fingerprint density at radius 2 is 0.644 bits per heavy atom. The number of rotatable bonds is 12. The van der Waals surface area contributed by atoms with E-state index < -0.39 is 0 Å². The quantitative estimate of drug-likeness (QED) is 0.121. The Bertz CT molecular complexity index is 6160. The maximum atomic E-state index is 5.41. The van der Waals surface area contributed by atoms with Crippen LogP contribution >= 0.6 is 22.7 Å². The average molecular weight is 1330 g/mol. The van der Waals surface area contributed by atoms with Crippen molar-refractivity contribution in [3.8, 4) is 128 Å². The molecule has 8 heterocycles. The Hall–Kier alpha value is -12.9. The van der Waals surface area contributed by atoms with Crippen molar-refractivity contribution < 1.29 is 0 Å². The molecule has 0 bridgehead atoms. The molecule has 11 aromatic carbocycles. The maximum Gasteiger partial charge on any atom is 0.145 e. The van der Waals surface area contributed by atoms with Crippen LogP contribution in [0.1, 0.15) is 0 Å². The molecule has 101 heavy (non-hydrogen) atoms. The van der Waals surface area contributed by atoms with Crippen LogP contribution in [0, 0.1) is 0 Å². The third-order valence-corrected chi connectivity index (χ3v) is 21.1. The van der Waals surface area contributed by atoms with E-state index in [0.29, 0.717) is 0 Å². The highest BCUT2D eigenvalue weighted by Gasteiger charge is 2.26. The van der Waals surface area contributed by atoms with Gasteiger partial charge in [-0.15, -0.1) is 22.7 Å². The molecule has 0 amide bonds. The van der Waals surface area contributed by atoms with Crippen molar-refractivity contribution in [3.63, 3.8) is 0 Å². The van der Waals surface area contributed by atoms with E-state index in [1.54, 1.807) is 12.4 Å². The van der Waals surface area contributed by atoms with Gasteiger partial charge < -0.3 is 0 Å². The minimum Gasteiger partial charge on any atom is -0.292 e. The molecular formula is C92H59N7S2. The minimum absolute atomic E-state index is 0.798. The first-order chi connectivity index (χ1) is 50.1. The van der Waals surface area contributed by atoms with Crippen molar-refractivity contribution in [2.75, 3.05) is 0 Å². The van der Waals surface area contributed by atoms with Crippen LogP contribution in [0.25, 0.3) is 181 Å². The van der Waals surface area contributed by atoms with E-state index in [1.165, 1.54) is 68.7 Å². The topological polar surface area (TPSA) is 82.3 Å². The molecule has 8 aromatic heterocycles. The van der Waals surface area contributed by atoms with Crippen LogP contribution in [-0.4, -0.2) is 34.5 Å². The number of thiophene rings is 2. The Kier molecular flexibility index (Phi) is 15.9. The molecule has 0 unspecified atom stereocenters. The fourth-order valence-electron chi connectivity index (χ4n) is 13.9. The van der Waals surface area contributed by atoms with E-state index in [2.05, 4.69) is 312 Å². The van der Waals surface area contributed by atoms with Crippen LogP contribution in [0.2, 0.25) is 0 Å². The monoisotopic (exact) mass is 1330 g/mol. The molecule has 0 fully saturated rings. The van der Waals surface area contributed by atoms with Gasteiger partial charge in [0.2, 0.25) is 0 Å². The fourth-order valence-corrected chi connectivity index (χ4v) is 16.6. The Morgan fingerprint density at radius 3 is 1.13 bits per heavy atom. The number of hydrogen-bond donors (Lipinski definition) is 0. The van der Waals surface area contributed by atoms with E-state index in [-0.39, 0.29) is 0 Å². The third kappa shape index (κ3) is 11.5. The number of imidazole rings is 1. The molecule has 19 rings (SSSR count). The lowest BCUT2D eigenvalue weighted by atomic mass is 9.93. The van der Waals surface area contributed by atoms with Crippen molar-refractivity contribution in [2.45, 2.75) is 0 Å². The summed E-state index contributed by atoms with van der Waals surface area (Å²) >= 11 is 3.71. The molecule has 0 aliphatic rings. The van der Waals surface area contributed by atoms with Crippen LogP contribution in [0.3, 0.4) is 0 Å². The van der Waals surface area contributed by atoms with Gasteiger partial charge >= 0.3 is 0 Å². The lowest BCUT2D eigenvalue weighted by Crippen LogP contribution is -1.97. The van der Waals surface area contributed by atoms with Crippen molar-refractivity contribution in [1.29, 1.82) is 0 Å². The van der Waals surface area contributed by atoms with Crippen molar-refractivity contribution in [1.82, 2.24) is 34.5 Å². The number of nitrogens with zero attached hydrogens (tertiary/aromatic N) is 7. The molecule has 0 spiro atoms. The number of para-hydroxylation sites is 5. The zero-order chi connectivity index (χ0) is 67.0. The largest absolute Gasteiger partial charge is 0.292 e. The second kappa shape index (κ2) is 26.5. The highest BCUT2D eigenvalue weighted by molar-refractivity contribution is 7.24. The summed E-state index contributed by atoms with van der Waals surface area (Å²) in [6.45, 7) is 0. The highest BCUT2D eigenvalue weighted by atomic mass is 32.1. The Morgan fingerprint density at radius 1 is 0.248 bits per heavy atom. The van der Waals surface area contributed by atoms with Crippen molar-refractivity contribution in [3.05, 3.63) is 358 Å². The van der Waals surface area contributed by atoms with Gasteiger partial charge in [-0.3, -0.25) is 14.5 Å². The molecule has 0 aliphatic heterocycles. The van der Waals surface area contributed by atoms with Gasteiger partial charge in [-0.25, -0.2) is 19.9 Å². The van der Waals surface area contributed by atoms with Gasteiger partial charge in [0, 0.05) is 86.6 Å². The summed E-state index contributed by atoms with van der Waals surface area (Å²) in [5.74, 6) is 0.926. The third-order valence-electron chi connectivity index (χ3n) is 18.6. The van der Waals surface area contributed by atoms with Crippen LogP contribution in [0.4, 0.5) is 0 Å². The van der Waals surface area contributed by atoms with Crippen molar-refractivity contribution >= 4 is 75.7 Å². The number of fused-ring (bicyclic) bond motifs is 7. The molecule has 0 atom stereocenters. The molecule has 0 radical (unpaired) electrons. The normalized spacial score (nSPS) is 11.4. The molecule has 7 nitrogen and oxygen atoms in total. The summed E-state index contributed by atoms with van der Waals surface area (Å²) in [4.78, 5) is 32.6. The summed E-state index contributed by atoms with van der Waals surface area (Å²) < 4.78 is 4.74. The van der Waals surface area contributed by atoms with E-state index in [0.717, 1.165) is 112 Å². The maximum absolute atomic E-state index is 5.41. The fraction of sp³-hybridized carbons (Fsp3) is 0. The van der Waals surface area contributed by atoms with Crippen LogP contribution in [0.5, 0.6) is 0 Å². The summed E-state index contributed by atoms with van der Waals surface area (Å²) in [6.07, 6.45) is 3.60. The SMILES string of the molecule is c1ccc(-c2sc3c(c(-c4cccc(-c5cc(-c6ccccn6)nc(-c6ccccn6)c5)c4)nc4ccccc43)c2-c2ccccc2)cc1.c1ccc(-c2sc3c(c(-c4cccc(-c5ccc(-c6nc7ccccc7n6-c6ccccc6)cc5)c4)nc4ccccc43)c2-c2ccccc2)cc1. The second-order valence-electron chi connectivity index (χ2n) is 24.8. The van der Waals surface area contributed by atoms with Crippen LogP contribution in [0.15, 0.2) is 358 Å². The van der Waals surface area contributed by atoms with Gasteiger partial charge in [0.1, 0.15) is 5.82 Å². The molecule has 9 heteroatoms. The predicted octanol–water partition coefficient (Wildman–Crippen LogP) is 24.8. The molecule has 474 valence electrons. The number of pyridine rings is 5. The first kappa shape index (κ1) is 60.5. The van der Waals surface area contributed by atoms with E-state index in [4.69, 9.17) is 19.9 Å². The van der Waals surface area contributed by atoms with E-state index >= 15 is 0 Å². The summed E-state index contributed by atoms with van der Waals surface area (Å²) in [6, 6.07) is 121.